The molecule has 0 fully saturated rings. The molecule has 0 unspecified atom stereocenters. The van der Waals surface area contributed by atoms with Gasteiger partial charge in [0.05, 0.1) is 16.2 Å². The summed E-state index contributed by atoms with van der Waals surface area (Å²) in [6.45, 7) is 7.81. The molecule has 1 aromatic carbocycles. The summed E-state index contributed by atoms with van der Waals surface area (Å²) in [5, 5.41) is 5.14. The van der Waals surface area contributed by atoms with Crippen molar-refractivity contribution in [1.29, 1.82) is 0 Å². The van der Waals surface area contributed by atoms with Crippen molar-refractivity contribution in [1.82, 2.24) is 19.7 Å². The Kier molecular flexibility index (Phi) is 7.85. The molecule has 0 N–H and O–H groups in total. The maximum atomic E-state index is 13.2. The first-order valence-electron chi connectivity index (χ1n) is 9.80. The molecule has 0 aliphatic carbocycles. The van der Waals surface area contributed by atoms with E-state index in [1.807, 2.05) is 32.0 Å². The maximum absolute atomic E-state index is 13.2. The summed E-state index contributed by atoms with van der Waals surface area (Å²) in [4.78, 5) is 22.4. The van der Waals surface area contributed by atoms with E-state index in [2.05, 4.69) is 33.0 Å². The Hall–Kier alpha value is -1.71. The van der Waals surface area contributed by atoms with E-state index in [1.165, 1.54) is 11.8 Å². The van der Waals surface area contributed by atoms with Crippen LogP contribution in [-0.4, -0.2) is 32.9 Å². The van der Waals surface area contributed by atoms with Crippen molar-refractivity contribution in [2.75, 3.05) is 13.2 Å². The van der Waals surface area contributed by atoms with Gasteiger partial charge in [-0.05, 0) is 44.9 Å². The molecule has 0 spiro atoms. The van der Waals surface area contributed by atoms with Crippen molar-refractivity contribution in [3.8, 4) is 0 Å². The minimum atomic E-state index is -0.119. The van der Waals surface area contributed by atoms with Crippen LogP contribution in [0.4, 0.5) is 0 Å². The molecule has 0 amide bonds. The zero-order chi connectivity index (χ0) is 20.8. The van der Waals surface area contributed by atoms with Crippen molar-refractivity contribution in [2.45, 2.75) is 57.0 Å². The molecule has 9 heteroatoms. The summed E-state index contributed by atoms with van der Waals surface area (Å²) in [5.74, 6) is 1.25. The summed E-state index contributed by atoms with van der Waals surface area (Å²) in [6, 6.07) is 5.56. The normalized spacial score (nSPS) is 12.6. The van der Waals surface area contributed by atoms with Gasteiger partial charge in [0.1, 0.15) is 0 Å². The Balaban J connectivity index is 1.92. The van der Waals surface area contributed by atoms with Gasteiger partial charge in [0.2, 0.25) is 5.89 Å². The predicted octanol–water partition coefficient (Wildman–Crippen LogP) is 4.77. The number of fused-ring (bicyclic) bond motifs is 1. The zero-order valence-corrected chi connectivity index (χ0v) is 19.3. The number of thioether (sulfide) groups is 1. The van der Waals surface area contributed by atoms with Crippen LogP contribution in [0.15, 0.2) is 37.1 Å². The van der Waals surface area contributed by atoms with Crippen LogP contribution in [0, 0.1) is 0 Å². The molecule has 7 nitrogen and oxygen atoms in total. The van der Waals surface area contributed by atoms with Crippen LogP contribution in [0.25, 0.3) is 10.9 Å². The highest BCUT2D eigenvalue weighted by molar-refractivity contribution is 9.10. The smallest absolute Gasteiger partial charge is 0.262 e. The van der Waals surface area contributed by atoms with Gasteiger partial charge < -0.3 is 9.26 Å². The molecule has 2 aromatic heterocycles. The van der Waals surface area contributed by atoms with Crippen molar-refractivity contribution in [2.24, 2.45) is 0 Å². The number of hydrogen-bond acceptors (Lipinski definition) is 7. The molecular weight excluding hydrogens is 456 g/mol. The van der Waals surface area contributed by atoms with E-state index in [4.69, 9.17) is 14.2 Å². The Labute approximate surface area is 182 Å². The number of ether oxygens (including phenoxy) is 1. The molecule has 1 atom stereocenters. The van der Waals surface area contributed by atoms with Gasteiger partial charge >= 0.3 is 0 Å². The Morgan fingerprint density at radius 1 is 1.31 bits per heavy atom. The van der Waals surface area contributed by atoms with Crippen molar-refractivity contribution < 1.29 is 9.26 Å². The summed E-state index contributed by atoms with van der Waals surface area (Å²) in [6.07, 6.45) is 2.48. The van der Waals surface area contributed by atoms with Gasteiger partial charge in [-0.3, -0.25) is 9.36 Å². The van der Waals surface area contributed by atoms with Crippen LogP contribution in [0.1, 0.15) is 50.6 Å². The van der Waals surface area contributed by atoms with E-state index in [0.29, 0.717) is 47.5 Å². The topological polar surface area (TPSA) is 83.0 Å². The Morgan fingerprint density at radius 2 is 2.14 bits per heavy atom. The monoisotopic (exact) mass is 480 g/mol. The first-order chi connectivity index (χ1) is 14.0. The summed E-state index contributed by atoms with van der Waals surface area (Å²) in [7, 11) is 0. The quantitative estimate of drug-likeness (QED) is 0.234. The number of aromatic nitrogens is 4. The third-order valence-corrected chi connectivity index (χ3v) is 5.91. The second-order valence-corrected chi connectivity index (χ2v) is 8.85. The molecule has 2 heterocycles. The largest absolute Gasteiger partial charge is 0.382 e. The number of benzene rings is 1. The Morgan fingerprint density at radius 3 is 2.90 bits per heavy atom. The summed E-state index contributed by atoms with van der Waals surface area (Å²) >= 11 is 4.89. The molecule has 0 saturated carbocycles. The van der Waals surface area contributed by atoms with E-state index in [9.17, 15) is 4.79 Å². The lowest BCUT2D eigenvalue weighted by Crippen LogP contribution is -2.24. The van der Waals surface area contributed by atoms with Crippen LogP contribution in [0.2, 0.25) is 0 Å². The highest BCUT2D eigenvalue weighted by atomic mass is 79.9. The third-order valence-electron chi connectivity index (χ3n) is 4.34. The lowest BCUT2D eigenvalue weighted by atomic mass is 10.2. The molecule has 0 bridgehead atoms. The number of nitrogens with zero attached hydrogens (tertiary/aromatic N) is 4. The first kappa shape index (κ1) is 22.0. The molecule has 0 radical (unpaired) electrons. The van der Waals surface area contributed by atoms with Crippen LogP contribution in [-0.2, 0) is 17.7 Å². The van der Waals surface area contributed by atoms with E-state index >= 15 is 0 Å². The van der Waals surface area contributed by atoms with E-state index in [0.717, 1.165) is 23.7 Å². The van der Waals surface area contributed by atoms with Crippen LogP contribution in [0.5, 0.6) is 0 Å². The van der Waals surface area contributed by atoms with E-state index < -0.39 is 0 Å². The number of hydrogen-bond donors (Lipinski definition) is 0. The third kappa shape index (κ3) is 5.46. The van der Waals surface area contributed by atoms with Crippen molar-refractivity contribution in [3.63, 3.8) is 0 Å². The minimum absolute atomic E-state index is 0.0558. The van der Waals surface area contributed by atoms with Gasteiger partial charge in [0.25, 0.3) is 5.56 Å². The lowest BCUT2D eigenvalue weighted by molar-refractivity contribution is 0.140. The SMILES string of the molecule is CCCc1noc([C@@H](C)Sc2nc3ccc(Br)cc3c(=O)n2CCCOCC)n1. The predicted molar refractivity (Wildman–Crippen MR) is 117 cm³/mol. The van der Waals surface area contributed by atoms with Crippen LogP contribution >= 0.6 is 27.7 Å². The highest BCUT2D eigenvalue weighted by Crippen LogP contribution is 2.33. The summed E-state index contributed by atoms with van der Waals surface area (Å²) in [5.41, 5.74) is 0.617. The van der Waals surface area contributed by atoms with Gasteiger partial charge in [-0.2, -0.15) is 4.98 Å². The van der Waals surface area contributed by atoms with Gasteiger partial charge in [0.15, 0.2) is 11.0 Å². The average molecular weight is 481 g/mol. The fourth-order valence-corrected chi connectivity index (χ4v) is 4.22. The van der Waals surface area contributed by atoms with Crippen molar-refractivity contribution >= 4 is 38.6 Å². The first-order valence-corrected chi connectivity index (χ1v) is 11.5. The van der Waals surface area contributed by atoms with Gasteiger partial charge in [-0.15, -0.1) is 0 Å². The van der Waals surface area contributed by atoms with Gasteiger partial charge in [0, 0.05) is 30.7 Å². The van der Waals surface area contributed by atoms with Crippen LogP contribution < -0.4 is 5.56 Å². The molecule has 0 aliphatic heterocycles. The number of halogens is 1. The fourth-order valence-electron chi connectivity index (χ4n) is 2.90. The molecule has 3 rings (SSSR count). The van der Waals surface area contributed by atoms with Crippen molar-refractivity contribution in [3.05, 3.63) is 44.7 Å². The van der Waals surface area contributed by atoms with Gasteiger partial charge in [-0.25, -0.2) is 4.98 Å². The van der Waals surface area contributed by atoms with E-state index in [1.54, 1.807) is 4.57 Å². The fraction of sp³-hybridized carbons (Fsp3) is 0.500. The minimum Gasteiger partial charge on any atom is -0.382 e. The standard InChI is InChI=1S/C20H25BrN4O3S/c1-4-7-17-23-18(28-24-17)13(3)29-20-22-16-9-8-14(21)12-15(16)19(26)25(20)10-6-11-27-5-2/h8-9,12-13H,4-7,10-11H2,1-3H3/t13-/m1/s1. The highest BCUT2D eigenvalue weighted by Gasteiger charge is 2.20. The molecule has 156 valence electrons. The number of aryl methyl sites for hydroxylation is 1. The molecule has 0 saturated heterocycles. The zero-order valence-electron chi connectivity index (χ0n) is 16.9. The maximum Gasteiger partial charge on any atom is 0.262 e. The number of rotatable bonds is 10. The average Bonchev–Trinajstić information content (AvgIpc) is 3.17. The van der Waals surface area contributed by atoms with Gasteiger partial charge in [-0.1, -0.05) is 39.8 Å². The van der Waals surface area contributed by atoms with Crippen LogP contribution in [0.3, 0.4) is 0 Å². The Bertz CT molecular complexity index is 1020. The second-order valence-electron chi connectivity index (χ2n) is 6.62. The van der Waals surface area contributed by atoms with E-state index in [-0.39, 0.29) is 10.8 Å². The molecule has 0 aliphatic rings. The molecular formula is C20H25BrN4O3S. The lowest BCUT2D eigenvalue weighted by Gasteiger charge is -2.15. The summed E-state index contributed by atoms with van der Waals surface area (Å²) < 4.78 is 13.4. The molecule has 29 heavy (non-hydrogen) atoms. The molecule has 3 aromatic rings. The second kappa shape index (κ2) is 10.4.